The Morgan fingerprint density at radius 2 is 2.18 bits per heavy atom. The molecule has 5 nitrogen and oxygen atoms in total. The van der Waals surface area contributed by atoms with Crippen LogP contribution in [0.2, 0.25) is 0 Å². The minimum absolute atomic E-state index is 0.301. The van der Waals surface area contributed by atoms with Crippen molar-refractivity contribution in [3.63, 3.8) is 0 Å². The van der Waals surface area contributed by atoms with E-state index < -0.39 is 5.97 Å². The maximum Gasteiger partial charge on any atom is 0.323 e. The van der Waals surface area contributed by atoms with Crippen molar-refractivity contribution in [2.45, 2.75) is 32.7 Å². The number of thiocarbonyl (C=S) groups is 1. The average Bonchev–Trinajstić information content (AvgIpc) is 3.17. The monoisotopic (exact) mass is 336 g/mol. The van der Waals surface area contributed by atoms with Gasteiger partial charge in [0, 0.05) is 17.4 Å². The number of carboxylic acid groups (broad SMARTS) is 1. The Bertz CT molecular complexity index is 717. The predicted octanol–water partition coefficient (Wildman–Crippen LogP) is 2.73. The second-order valence-corrected chi connectivity index (χ2v) is 7.27. The Kier molecular flexibility index (Phi) is 3.86. The number of carbonyl (C=O) groups is 2. The highest BCUT2D eigenvalue weighted by Gasteiger charge is 2.34. The molecule has 22 heavy (non-hydrogen) atoms. The summed E-state index contributed by atoms with van der Waals surface area (Å²) in [6.45, 7) is 3.73. The fourth-order valence-electron chi connectivity index (χ4n) is 2.76. The quantitative estimate of drug-likeness (QED) is 0.677. The lowest BCUT2D eigenvalue weighted by Gasteiger charge is -2.10. The third kappa shape index (κ3) is 2.70. The van der Waals surface area contributed by atoms with E-state index in [-0.39, 0.29) is 12.5 Å². The van der Waals surface area contributed by atoms with Crippen molar-refractivity contribution in [2.75, 3.05) is 6.54 Å². The van der Waals surface area contributed by atoms with Crippen LogP contribution in [0.4, 0.5) is 0 Å². The van der Waals surface area contributed by atoms with E-state index in [0.29, 0.717) is 15.3 Å². The number of nitrogens with zero attached hydrogens (tertiary/aromatic N) is 2. The van der Waals surface area contributed by atoms with Crippen LogP contribution in [-0.4, -0.2) is 37.3 Å². The van der Waals surface area contributed by atoms with Crippen LogP contribution in [0.3, 0.4) is 0 Å². The highest BCUT2D eigenvalue weighted by Crippen LogP contribution is 2.39. The van der Waals surface area contributed by atoms with Crippen molar-refractivity contribution < 1.29 is 14.7 Å². The molecule has 2 fully saturated rings. The third-order valence-corrected chi connectivity index (χ3v) is 5.27. The molecule has 1 N–H and O–H groups in total. The van der Waals surface area contributed by atoms with E-state index in [4.69, 9.17) is 17.3 Å². The topological polar surface area (TPSA) is 62.5 Å². The van der Waals surface area contributed by atoms with Gasteiger partial charge in [-0.1, -0.05) is 24.0 Å². The second-order valence-electron chi connectivity index (χ2n) is 5.59. The smallest absolute Gasteiger partial charge is 0.323 e. The van der Waals surface area contributed by atoms with Crippen LogP contribution in [0, 0.1) is 13.8 Å². The SMILES string of the molecule is Cc1cc(/C=C2\SC(=S)N(CC(=O)O)C2=O)c(C)n1C1CC1. The van der Waals surface area contributed by atoms with Crippen molar-refractivity contribution in [3.8, 4) is 0 Å². The molecule has 0 radical (unpaired) electrons. The van der Waals surface area contributed by atoms with Crippen LogP contribution < -0.4 is 0 Å². The molecule has 1 aromatic rings. The molecule has 0 bridgehead atoms. The van der Waals surface area contributed by atoms with Gasteiger partial charge in [-0.3, -0.25) is 14.5 Å². The lowest BCUT2D eigenvalue weighted by Crippen LogP contribution is -2.33. The van der Waals surface area contributed by atoms with Crippen molar-refractivity contribution >= 4 is 46.3 Å². The van der Waals surface area contributed by atoms with Crippen molar-refractivity contribution in [1.82, 2.24) is 9.47 Å². The van der Waals surface area contributed by atoms with E-state index in [2.05, 4.69) is 24.5 Å². The van der Waals surface area contributed by atoms with Gasteiger partial charge in [0.2, 0.25) is 0 Å². The number of aromatic nitrogens is 1. The van der Waals surface area contributed by atoms with Gasteiger partial charge >= 0.3 is 5.97 Å². The number of aryl methyl sites for hydroxylation is 1. The lowest BCUT2D eigenvalue weighted by atomic mass is 10.2. The maximum absolute atomic E-state index is 12.3. The van der Waals surface area contributed by atoms with E-state index in [1.807, 2.05) is 6.08 Å². The molecule has 1 aromatic heterocycles. The first kappa shape index (κ1) is 15.3. The van der Waals surface area contributed by atoms with Crippen molar-refractivity contribution in [3.05, 3.63) is 27.9 Å². The molecule has 0 unspecified atom stereocenters. The Morgan fingerprint density at radius 1 is 1.50 bits per heavy atom. The molecule has 3 rings (SSSR count). The molecule has 1 saturated heterocycles. The molecule has 0 spiro atoms. The van der Waals surface area contributed by atoms with Gasteiger partial charge in [-0.05, 0) is 44.4 Å². The minimum atomic E-state index is -1.07. The van der Waals surface area contributed by atoms with E-state index >= 15 is 0 Å². The molecular weight excluding hydrogens is 320 g/mol. The average molecular weight is 336 g/mol. The number of hydrogen-bond donors (Lipinski definition) is 1. The number of aliphatic carboxylic acids is 1. The van der Waals surface area contributed by atoms with Gasteiger partial charge in [0.25, 0.3) is 5.91 Å². The van der Waals surface area contributed by atoms with Gasteiger partial charge in [-0.15, -0.1) is 0 Å². The molecule has 1 aliphatic carbocycles. The highest BCUT2D eigenvalue weighted by atomic mass is 32.2. The third-order valence-electron chi connectivity index (χ3n) is 3.89. The summed E-state index contributed by atoms with van der Waals surface area (Å²) in [7, 11) is 0. The summed E-state index contributed by atoms with van der Waals surface area (Å²) in [4.78, 5) is 24.7. The van der Waals surface area contributed by atoms with Gasteiger partial charge in [0.05, 0.1) is 4.91 Å². The lowest BCUT2D eigenvalue weighted by molar-refractivity contribution is -0.140. The molecule has 7 heteroatoms. The summed E-state index contributed by atoms with van der Waals surface area (Å²) >= 11 is 6.27. The van der Waals surface area contributed by atoms with E-state index in [1.54, 1.807) is 0 Å². The first-order valence-corrected chi connectivity index (χ1v) is 8.26. The summed E-state index contributed by atoms with van der Waals surface area (Å²) < 4.78 is 2.61. The molecule has 2 aliphatic rings. The summed E-state index contributed by atoms with van der Waals surface area (Å²) in [5, 5.41) is 8.85. The first-order valence-electron chi connectivity index (χ1n) is 7.04. The zero-order valence-electron chi connectivity index (χ0n) is 12.3. The van der Waals surface area contributed by atoms with Crippen molar-refractivity contribution in [2.24, 2.45) is 0 Å². The highest BCUT2D eigenvalue weighted by molar-refractivity contribution is 8.26. The predicted molar refractivity (Wildman–Crippen MR) is 89.7 cm³/mol. The van der Waals surface area contributed by atoms with Gasteiger partial charge < -0.3 is 9.67 Å². The zero-order valence-corrected chi connectivity index (χ0v) is 14.0. The van der Waals surface area contributed by atoms with Gasteiger partial charge in [-0.25, -0.2) is 0 Å². The molecule has 0 aromatic carbocycles. The normalized spacial score (nSPS) is 20.3. The fourth-order valence-corrected chi connectivity index (χ4v) is 4.00. The van der Waals surface area contributed by atoms with E-state index in [1.165, 1.54) is 18.5 Å². The number of hydrogen-bond acceptors (Lipinski definition) is 4. The number of thioether (sulfide) groups is 1. The molecule has 1 aliphatic heterocycles. The van der Waals surface area contributed by atoms with Crippen molar-refractivity contribution in [1.29, 1.82) is 0 Å². The number of carboxylic acids is 1. The van der Waals surface area contributed by atoms with Gasteiger partial charge in [0.1, 0.15) is 10.9 Å². The number of rotatable bonds is 4. The molecular formula is C15H16N2O3S2. The molecule has 2 heterocycles. The number of carbonyl (C=O) groups excluding carboxylic acids is 1. The summed E-state index contributed by atoms with van der Waals surface area (Å²) in [6, 6.07) is 2.65. The van der Waals surface area contributed by atoms with Crippen LogP contribution in [0.5, 0.6) is 0 Å². The molecule has 116 valence electrons. The zero-order chi connectivity index (χ0) is 16.0. The molecule has 1 amide bonds. The first-order chi connectivity index (χ1) is 10.4. The Labute approximate surface area is 138 Å². The Balaban J connectivity index is 1.90. The summed E-state index contributed by atoms with van der Waals surface area (Å²) in [5.41, 5.74) is 3.33. The van der Waals surface area contributed by atoms with Crippen LogP contribution in [-0.2, 0) is 9.59 Å². The Morgan fingerprint density at radius 3 is 2.77 bits per heavy atom. The number of amides is 1. The van der Waals surface area contributed by atoms with E-state index in [0.717, 1.165) is 27.9 Å². The Hall–Kier alpha value is -1.60. The second kappa shape index (κ2) is 5.55. The van der Waals surface area contributed by atoms with Crippen LogP contribution in [0.25, 0.3) is 6.08 Å². The van der Waals surface area contributed by atoms with E-state index in [9.17, 15) is 9.59 Å². The minimum Gasteiger partial charge on any atom is -0.480 e. The standard InChI is InChI=1S/C15H16N2O3S2/c1-8-5-10(9(2)17(8)11-3-4-11)6-12-14(20)16(7-13(18)19)15(21)22-12/h5-6,11H,3-4,7H2,1-2H3,(H,18,19)/b12-6-. The summed E-state index contributed by atoms with van der Waals surface area (Å²) in [5.74, 6) is -1.39. The fraction of sp³-hybridized carbons (Fsp3) is 0.400. The van der Waals surface area contributed by atoms with Crippen LogP contribution in [0.15, 0.2) is 11.0 Å². The molecule has 0 atom stereocenters. The van der Waals surface area contributed by atoms with Crippen LogP contribution in [0.1, 0.15) is 35.8 Å². The van der Waals surface area contributed by atoms with Crippen LogP contribution >= 0.6 is 24.0 Å². The van der Waals surface area contributed by atoms with Gasteiger partial charge in [-0.2, -0.15) is 0 Å². The summed E-state index contributed by atoms with van der Waals surface area (Å²) in [6.07, 6.45) is 4.23. The maximum atomic E-state index is 12.3. The largest absolute Gasteiger partial charge is 0.480 e. The molecule has 1 saturated carbocycles. The van der Waals surface area contributed by atoms with Gasteiger partial charge in [0.15, 0.2) is 0 Å².